The topological polar surface area (TPSA) is 55.1 Å². The summed E-state index contributed by atoms with van der Waals surface area (Å²) < 4.78 is 0. The number of amides is 1. The van der Waals surface area contributed by atoms with E-state index in [1.807, 2.05) is 0 Å². The molecule has 0 radical (unpaired) electrons. The minimum absolute atomic E-state index is 0.349. The van der Waals surface area contributed by atoms with Gasteiger partial charge in [-0.1, -0.05) is 17.5 Å². The molecule has 1 amide bonds. The first-order valence-electron chi connectivity index (χ1n) is 3.92. The van der Waals surface area contributed by atoms with Crippen molar-refractivity contribution in [3.8, 4) is 12.3 Å². The van der Waals surface area contributed by atoms with Gasteiger partial charge in [0.05, 0.1) is 17.3 Å². The number of nitrogens with two attached hydrogens (primary N) is 1. The quantitative estimate of drug-likeness (QED) is 0.740. The van der Waals surface area contributed by atoms with E-state index in [4.69, 9.17) is 23.8 Å². The van der Waals surface area contributed by atoms with E-state index < -0.39 is 5.91 Å². The molecule has 0 heterocycles. The van der Waals surface area contributed by atoms with Crippen LogP contribution in [0.5, 0.6) is 0 Å². The number of primary amides is 1. The van der Waals surface area contributed by atoms with Crippen LogP contribution in [-0.2, 0) is 0 Å². The number of nitrogens with one attached hydrogen (secondary N) is 1. The van der Waals surface area contributed by atoms with E-state index in [9.17, 15) is 4.79 Å². The normalized spacial score (nSPS) is 9.14. The van der Waals surface area contributed by atoms with E-state index in [-0.39, 0.29) is 0 Å². The molecule has 0 fully saturated rings. The maximum Gasteiger partial charge on any atom is 0.248 e. The number of hydrogen-bond donors (Lipinski definition) is 2. The maximum atomic E-state index is 10.8. The molecule has 0 saturated carbocycles. The largest absolute Gasteiger partial charge is 0.373 e. The molecule has 0 aromatic heterocycles. The molecule has 72 valence electrons. The van der Waals surface area contributed by atoms with Gasteiger partial charge in [-0.25, -0.2) is 0 Å². The third-order valence-corrected chi connectivity index (χ3v) is 1.96. The molecule has 14 heavy (non-hydrogen) atoms. The first-order chi connectivity index (χ1) is 6.65. The lowest BCUT2D eigenvalue weighted by Gasteiger charge is -2.06. The Morgan fingerprint density at radius 3 is 2.93 bits per heavy atom. The maximum absolute atomic E-state index is 10.8. The van der Waals surface area contributed by atoms with Crippen molar-refractivity contribution in [3.05, 3.63) is 28.8 Å². The highest BCUT2D eigenvalue weighted by molar-refractivity contribution is 6.33. The second-order valence-electron chi connectivity index (χ2n) is 2.62. The van der Waals surface area contributed by atoms with E-state index in [2.05, 4.69) is 11.2 Å². The average Bonchev–Trinajstić information content (AvgIpc) is 2.16. The number of terminal acetylenes is 1. The zero-order valence-corrected chi connectivity index (χ0v) is 8.14. The zero-order chi connectivity index (χ0) is 10.6. The Balaban J connectivity index is 2.97. The van der Waals surface area contributed by atoms with Crippen LogP contribution < -0.4 is 11.1 Å². The number of carbonyl (C=O) groups excluding carboxylic acids is 1. The highest BCUT2D eigenvalue weighted by atomic mass is 35.5. The number of anilines is 1. The van der Waals surface area contributed by atoms with Gasteiger partial charge < -0.3 is 11.1 Å². The summed E-state index contributed by atoms with van der Waals surface area (Å²) in [5.41, 5.74) is 6.12. The second kappa shape index (κ2) is 4.54. The van der Waals surface area contributed by atoms with Crippen molar-refractivity contribution in [2.24, 2.45) is 5.73 Å². The van der Waals surface area contributed by atoms with Crippen LogP contribution in [-0.4, -0.2) is 12.5 Å². The lowest BCUT2D eigenvalue weighted by atomic mass is 10.2. The molecule has 0 bridgehead atoms. The van der Waals surface area contributed by atoms with E-state index in [0.29, 0.717) is 22.8 Å². The highest BCUT2D eigenvalue weighted by Crippen LogP contribution is 2.22. The molecule has 0 spiro atoms. The van der Waals surface area contributed by atoms with Crippen LogP contribution in [0.1, 0.15) is 10.4 Å². The third-order valence-electron chi connectivity index (χ3n) is 1.63. The molecule has 1 aromatic carbocycles. The van der Waals surface area contributed by atoms with Crippen molar-refractivity contribution in [1.82, 2.24) is 0 Å². The first-order valence-corrected chi connectivity index (χ1v) is 4.29. The van der Waals surface area contributed by atoms with Gasteiger partial charge in [-0.05, 0) is 18.2 Å². The molecule has 1 rings (SSSR count). The van der Waals surface area contributed by atoms with Crippen LogP contribution in [0.4, 0.5) is 5.69 Å². The number of rotatable bonds is 3. The van der Waals surface area contributed by atoms with Gasteiger partial charge in [-0.2, -0.15) is 0 Å². The summed E-state index contributed by atoms with van der Waals surface area (Å²) in [6, 6.07) is 4.73. The van der Waals surface area contributed by atoms with E-state index >= 15 is 0 Å². The van der Waals surface area contributed by atoms with E-state index in [1.54, 1.807) is 18.2 Å². The van der Waals surface area contributed by atoms with E-state index in [1.165, 1.54) is 0 Å². The fraction of sp³-hybridized carbons (Fsp3) is 0.100. The van der Waals surface area contributed by atoms with Crippen molar-refractivity contribution in [1.29, 1.82) is 0 Å². The SMILES string of the molecule is C#CCNc1cc(C(N)=O)ccc1Cl. The monoisotopic (exact) mass is 208 g/mol. The molecule has 0 unspecified atom stereocenters. The minimum Gasteiger partial charge on any atom is -0.373 e. The van der Waals surface area contributed by atoms with Gasteiger partial charge in [0.15, 0.2) is 0 Å². The van der Waals surface area contributed by atoms with Crippen LogP contribution in [0.25, 0.3) is 0 Å². The molecular formula is C10H9ClN2O. The van der Waals surface area contributed by atoms with Gasteiger partial charge >= 0.3 is 0 Å². The van der Waals surface area contributed by atoms with Crippen molar-refractivity contribution in [3.63, 3.8) is 0 Å². The predicted octanol–water partition coefficient (Wildman–Crippen LogP) is 1.48. The zero-order valence-electron chi connectivity index (χ0n) is 7.38. The van der Waals surface area contributed by atoms with Gasteiger partial charge in [0.25, 0.3) is 0 Å². The molecule has 0 saturated heterocycles. The first kappa shape index (κ1) is 10.4. The average molecular weight is 209 g/mol. The Labute approximate surface area is 87.2 Å². The third kappa shape index (κ3) is 2.41. The molecule has 1 aromatic rings. The molecule has 0 aliphatic carbocycles. The summed E-state index contributed by atoms with van der Waals surface area (Å²) in [5, 5.41) is 3.39. The summed E-state index contributed by atoms with van der Waals surface area (Å²) in [6.45, 7) is 0.349. The summed E-state index contributed by atoms with van der Waals surface area (Å²) in [7, 11) is 0. The lowest BCUT2D eigenvalue weighted by Crippen LogP contribution is -2.11. The summed E-state index contributed by atoms with van der Waals surface area (Å²) in [6.07, 6.45) is 5.08. The minimum atomic E-state index is -0.495. The standard InChI is InChI=1S/C10H9ClN2O/c1-2-5-13-9-6-7(10(12)14)3-4-8(9)11/h1,3-4,6,13H,5H2,(H2,12,14). The van der Waals surface area contributed by atoms with Gasteiger partial charge in [0, 0.05) is 5.56 Å². The molecule has 3 nitrogen and oxygen atoms in total. The van der Waals surface area contributed by atoms with Crippen LogP contribution in [0, 0.1) is 12.3 Å². The van der Waals surface area contributed by atoms with E-state index in [0.717, 1.165) is 0 Å². The highest BCUT2D eigenvalue weighted by Gasteiger charge is 2.04. The summed E-state index contributed by atoms with van der Waals surface area (Å²) in [5.74, 6) is 1.91. The van der Waals surface area contributed by atoms with Crippen LogP contribution in [0.3, 0.4) is 0 Å². The second-order valence-corrected chi connectivity index (χ2v) is 3.02. The van der Waals surface area contributed by atoms with Gasteiger partial charge in [0.2, 0.25) is 5.91 Å². The number of carbonyl (C=O) groups is 1. The van der Waals surface area contributed by atoms with Crippen molar-refractivity contribution >= 4 is 23.2 Å². The Kier molecular flexibility index (Phi) is 3.38. The van der Waals surface area contributed by atoms with Gasteiger partial charge in [-0.15, -0.1) is 6.42 Å². The lowest BCUT2D eigenvalue weighted by molar-refractivity contribution is 0.100. The fourth-order valence-electron chi connectivity index (χ4n) is 0.960. The van der Waals surface area contributed by atoms with Crippen molar-refractivity contribution in [2.45, 2.75) is 0 Å². The number of halogens is 1. The Hall–Kier alpha value is -1.66. The van der Waals surface area contributed by atoms with Crippen molar-refractivity contribution < 1.29 is 4.79 Å². The molecule has 0 atom stereocenters. The summed E-state index contributed by atoms with van der Waals surface area (Å²) in [4.78, 5) is 10.8. The van der Waals surface area contributed by atoms with Crippen LogP contribution in [0.15, 0.2) is 18.2 Å². The molecule has 4 heteroatoms. The molecule has 3 N–H and O–H groups in total. The fourth-order valence-corrected chi connectivity index (χ4v) is 1.14. The van der Waals surface area contributed by atoms with Crippen LogP contribution >= 0.6 is 11.6 Å². The Morgan fingerprint density at radius 1 is 1.64 bits per heavy atom. The van der Waals surface area contributed by atoms with Crippen molar-refractivity contribution in [2.75, 3.05) is 11.9 Å². The predicted molar refractivity (Wildman–Crippen MR) is 57.3 cm³/mol. The number of benzene rings is 1. The smallest absolute Gasteiger partial charge is 0.248 e. The Morgan fingerprint density at radius 2 is 2.36 bits per heavy atom. The van der Waals surface area contributed by atoms with Gasteiger partial charge in [-0.3, -0.25) is 4.79 Å². The Bertz CT molecular complexity index is 396. The molecule has 0 aliphatic heterocycles. The molecule has 0 aliphatic rings. The molecular weight excluding hydrogens is 200 g/mol. The van der Waals surface area contributed by atoms with Gasteiger partial charge in [0.1, 0.15) is 0 Å². The summed E-state index contributed by atoms with van der Waals surface area (Å²) >= 11 is 5.85. The number of hydrogen-bond acceptors (Lipinski definition) is 2. The van der Waals surface area contributed by atoms with Crippen LogP contribution in [0.2, 0.25) is 5.02 Å².